The second-order valence-corrected chi connectivity index (χ2v) is 6.36. The van der Waals surface area contributed by atoms with Crippen molar-refractivity contribution in [3.63, 3.8) is 0 Å². The zero-order valence-electron chi connectivity index (χ0n) is 11.8. The van der Waals surface area contributed by atoms with E-state index in [-0.39, 0.29) is 17.6 Å². The van der Waals surface area contributed by atoms with Gasteiger partial charge in [-0.05, 0) is 42.7 Å². The molecule has 1 aliphatic rings. The summed E-state index contributed by atoms with van der Waals surface area (Å²) in [5, 5.41) is 0. The Morgan fingerprint density at radius 3 is 2.83 bits per heavy atom. The van der Waals surface area contributed by atoms with Gasteiger partial charge in [0.2, 0.25) is 0 Å². The van der Waals surface area contributed by atoms with Crippen molar-refractivity contribution in [2.24, 2.45) is 11.1 Å². The highest BCUT2D eigenvalue weighted by molar-refractivity contribution is 5.31. The highest BCUT2D eigenvalue weighted by atomic mass is 16.5. The molecule has 1 aromatic carbocycles. The zero-order valence-corrected chi connectivity index (χ0v) is 11.8. The van der Waals surface area contributed by atoms with Crippen LogP contribution in [0.4, 0.5) is 0 Å². The maximum Gasteiger partial charge on any atom is 0.0832 e. The van der Waals surface area contributed by atoms with Crippen molar-refractivity contribution >= 4 is 0 Å². The SMILES string of the molecule is CC(N)CC(C)(C)CC1OCCc2ccccc21. The van der Waals surface area contributed by atoms with Crippen LogP contribution in [0.15, 0.2) is 24.3 Å². The standard InChI is InChI=1S/C16H25NO/c1-12(17)10-16(2,3)11-15-14-7-5-4-6-13(14)8-9-18-15/h4-7,12,15H,8-11,17H2,1-3H3. The minimum Gasteiger partial charge on any atom is -0.373 e. The molecule has 0 aliphatic carbocycles. The molecule has 2 unspecified atom stereocenters. The maximum atomic E-state index is 5.98. The van der Waals surface area contributed by atoms with Gasteiger partial charge < -0.3 is 10.5 Å². The Morgan fingerprint density at radius 1 is 1.39 bits per heavy atom. The van der Waals surface area contributed by atoms with Crippen LogP contribution in [0.2, 0.25) is 0 Å². The Hall–Kier alpha value is -0.860. The third kappa shape index (κ3) is 3.33. The second-order valence-electron chi connectivity index (χ2n) is 6.36. The van der Waals surface area contributed by atoms with E-state index in [0.717, 1.165) is 25.9 Å². The Bertz CT molecular complexity index is 398. The molecule has 2 rings (SSSR count). The highest BCUT2D eigenvalue weighted by Crippen LogP contribution is 2.38. The Balaban J connectivity index is 2.11. The van der Waals surface area contributed by atoms with Crippen molar-refractivity contribution in [2.45, 2.75) is 52.2 Å². The minimum atomic E-state index is 0.225. The van der Waals surface area contributed by atoms with E-state index >= 15 is 0 Å². The first-order chi connectivity index (χ1) is 8.48. The summed E-state index contributed by atoms with van der Waals surface area (Å²) >= 11 is 0. The van der Waals surface area contributed by atoms with Gasteiger partial charge in [0.15, 0.2) is 0 Å². The number of hydrogen-bond acceptors (Lipinski definition) is 2. The van der Waals surface area contributed by atoms with Crippen LogP contribution in [0.5, 0.6) is 0 Å². The van der Waals surface area contributed by atoms with Gasteiger partial charge in [0, 0.05) is 6.04 Å². The molecule has 0 saturated heterocycles. The fraction of sp³-hybridized carbons (Fsp3) is 0.625. The zero-order chi connectivity index (χ0) is 13.2. The highest BCUT2D eigenvalue weighted by Gasteiger charge is 2.28. The lowest BCUT2D eigenvalue weighted by Crippen LogP contribution is -2.28. The van der Waals surface area contributed by atoms with E-state index in [9.17, 15) is 0 Å². The summed E-state index contributed by atoms with van der Waals surface area (Å²) in [6.45, 7) is 7.50. The quantitative estimate of drug-likeness (QED) is 0.884. The predicted octanol–water partition coefficient (Wildman–Crippen LogP) is 3.45. The molecule has 0 saturated carbocycles. The minimum absolute atomic E-state index is 0.225. The molecule has 100 valence electrons. The van der Waals surface area contributed by atoms with E-state index in [2.05, 4.69) is 45.0 Å². The first kappa shape index (κ1) is 13.6. The average Bonchev–Trinajstić information content (AvgIpc) is 2.27. The molecule has 2 heteroatoms. The molecule has 1 heterocycles. The number of benzene rings is 1. The topological polar surface area (TPSA) is 35.2 Å². The van der Waals surface area contributed by atoms with Crippen molar-refractivity contribution in [3.05, 3.63) is 35.4 Å². The van der Waals surface area contributed by atoms with Gasteiger partial charge in [-0.15, -0.1) is 0 Å². The monoisotopic (exact) mass is 247 g/mol. The van der Waals surface area contributed by atoms with Crippen LogP contribution in [0, 0.1) is 5.41 Å². The van der Waals surface area contributed by atoms with E-state index in [1.165, 1.54) is 11.1 Å². The summed E-state index contributed by atoms with van der Waals surface area (Å²) in [6, 6.07) is 8.91. The molecule has 0 amide bonds. The van der Waals surface area contributed by atoms with Crippen LogP contribution < -0.4 is 5.73 Å². The Morgan fingerprint density at radius 2 is 2.11 bits per heavy atom. The molecule has 0 spiro atoms. The van der Waals surface area contributed by atoms with Crippen LogP contribution in [0.1, 0.15) is 50.8 Å². The molecule has 0 bridgehead atoms. The van der Waals surface area contributed by atoms with Gasteiger partial charge in [0.25, 0.3) is 0 Å². The van der Waals surface area contributed by atoms with Crippen LogP contribution in [-0.2, 0) is 11.2 Å². The lowest BCUT2D eigenvalue weighted by Gasteiger charge is -2.34. The summed E-state index contributed by atoms with van der Waals surface area (Å²) in [5.41, 5.74) is 8.99. The van der Waals surface area contributed by atoms with Gasteiger partial charge in [-0.25, -0.2) is 0 Å². The molecular weight excluding hydrogens is 222 g/mol. The lowest BCUT2D eigenvalue weighted by molar-refractivity contribution is 0.00954. The van der Waals surface area contributed by atoms with Crippen molar-refractivity contribution in [1.29, 1.82) is 0 Å². The number of rotatable bonds is 4. The van der Waals surface area contributed by atoms with E-state index < -0.39 is 0 Å². The van der Waals surface area contributed by atoms with E-state index in [1.54, 1.807) is 0 Å². The fourth-order valence-corrected chi connectivity index (χ4v) is 3.10. The van der Waals surface area contributed by atoms with E-state index in [4.69, 9.17) is 10.5 Å². The van der Waals surface area contributed by atoms with Gasteiger partial charge in [-0.1, -0.05) is 38.1 Å². The lowest BCUT2D eigenvalue weighted by atomic mass is 9.78. The molecular formula is C16H25NO. The molecule has 0 fully saturated rings. The first-order valence-electron chi connectivity index (χ1n) is 6.93. The van der Waals surface area contributed by atoms with Crippen LogP contribution >= 0.6 is 0 Å². The number of ether oxygens (including phenoxy) is 1. The summed E-state index contributed by atoms with van der Waals surface area (Å²) in [6.07, 6.45) is 3.37. The van der Waals surface area contributed by atoms with Gasteiger partial charge in [-0.3, -0.25) is 0 Å². The second kappa shape index (κ2) is 5.41. The summed E-state index contributed by atoms with van der Waals surface area (Å²) in [7, 11) is 0. The van der Waals surface area contributed by atoms with Crippen molar-refractivity contribution in [3.8, 4) is 0 Å². The van der Waals surface area contributed by atoms with Gasteiger partial charge in [0.1, 0.15) is 0 Å². The predicted molar refractivity (Wildman–Crippen MR) is 75.5 cm³/mol. The van der Waals surface area contributed by atoms with Crippen LogP contribution in [-0.4, -0.2) is 12.6 Å². The van der Waals surface area contributed by atoms with E-state index in [0.29, 0.717) is 0 Å². The Labute approximate surface area is 111 Å². The molecule has 0 aromatic heterocycles. The molecule has 18 heavy (non-hydrogen) atoms. The third-order valence-corrected chi connectivity index (χ3v) is 3.70. The average molecular weight is 247 g/mol. The number of hydrogen-bond donors (Lipinski definition) is 1. The third-order valence-electron chi connectivity index (χ3n) is 3.70. The largest absolute Gasteiger partial charge is 0.373 e. The van der Waals surface area contributed by atoms with Crippen LogP contribution in [0.3, 0.4) is 0 Å². The van der Waals surface area contributed by atoms with Crippen LogP contribution in [0.25, 0.3) is 0 Å². The van der Waals surface area contributed by atoms with Crippen molar-refractivity contribution < 1.29 is 4.74 Å². The number of nitrogens with two attached hydrogens (primary N) is 1. The first-order valence-corrected chi connectivity index (χ1v) is 6.93. The molecule has 0 radical (unpaired) electrons. The number of fused-ring (bicyclic) bond motifs is 1. The molecule has 2 atom stereocenters. The molecule has 1 aliphatic heterocycles. The van der Waals surface area contributed by atoms with E-state index in [1.807, 2.05) is 0 Å². The van der Waals surface area contributed by atoms with Gasteiger partial charge in [0.05, 0.1) is 12.7 Å². The molecule has 1 aromatic rings. The normalized spacial score (nSPS) is 21.4. The van der Waals surface area contributed by atoms with Crippen molar-refractivity contribution in [1.82, 2.24) is 0 Å². The van der Waals surface area contributed by atoms with Crippen molar-refractivity contribution in [2.75, 3.05) is 6.61 Å². The summed E-state index contributed by atoms with van der Waals surface area (Å²) < 4.78 is 5.98. The molecule has 2 N–H and O–H groups in total. The summed E-state index contributed by atoms with van der Waals surface area (Å²) in [4.78, 5) is 0. The fourth-order valence-electron chi connectivity index (χ4n) is 3.10. The smallest absolute Gasteiger partial charge is 0.0832 e. The molecule has 2 nitrogen and oxygen atoms in total. The summed E-state index contributed by atoms with van der Waals surface area (Å²) in [5.74, 6) is 0. The maximum absolute atomic E-state index is 5.98. The van der Waals surface area contributed by atoms with Gasteiger partial charge in [-0.2, -0.15) is 0 Å². The Kier molecular flexibility index (Phi) is 4.08. The van der Waals surface area contributed by atoms with Gasteiger partial charge >= 0.3 is 0 Å².